The van der Waals surface area contributed by atoms with Crippen LogP contribution in [0.15, 0.2) is 36.5 Å². The first-order chi connectivity index (χ1) is 8.58. The molecular formula is C12H8ClFN2O2. The van der Waals surface area contributed by atoms with Gasteiger partial charge < -0.3 is 10.5 Å². The molecule has 0 aliphatic heterocycles. The zero-order valence-corrected chi connectivity index (χ0v) is 9.82. The minimum Gasteiger partial charge on any atom is -0.436 e. The first kappa shape index (κ1) is 12.3. The molecule has 0 radical (unpaired) electrons. The molecule has 1 heterocycles. The fourth-order valence-corrected chi connectivity index (χ4v) is 1.49. The van der Waals surface area contributed by atoms with Crippen molar-refractivity contribution in [3.8, 4) is 11.6 Å². The molecule has 0 saturated carbocycles. The van der Waals surface area contributed by atoms with Crippen molar-refractivity contribution in [2.75, 3.05) is 0 Å². The van der Waals surface area contributed by atoms with Gasteiger partial charge in [-0.3, -0.25) is 4.79 Å². The molecular weight excluding hydrogens is 259 g/mol. The van der Waals surface area contributed by atoms with E-state index in [-0.39, 0.29) is 22.2 Å². The van der Waals surface area contributed by atoms with Crippen molar-refractivity contribution >= 4 is 17.5 Å². The molecule has 0 aliphatic carbocycles. The van der Waals surface area contributed by atoms with Crippen LogP contribution in [0.4, 0.5) is 4.39 Å². The number of para-hydroxylation sites is 1. The van der Waals surface area contributed by atoms with Crippen LogP contribution in [0.25, 0.3) is 0 Å². The number of benzene rings is 1. The Balaban J connectivity index is 2.37. The molecule has 0 unspecified atom stereocenters. The molecule has 0 spiro atoms. The molecule has 2 rings (SSSR count). The van der Waals surface area contributed by atoms with Crippen molar-refractivity contribution in [3.63, 3.8) is 0 Å². The van der Waals surface area contributed by atoms with E-state index in [9.17, 15) is 9.18 Å². The predicted molar refractivity (Wildman–Crippen MR) is 64.2 cm³/mol. The van der Waals surface area contributed by atoms with Gasteiger partial charge in [0.25, 0.3) is 11.8 Å². The van der Waals surface area contributed by atoms with E-state index in [4.69, 9.17) is 22.1 Å². The third kappa shape index (κ3) is 2.57. The Labute approximate surface area is 107 Å². The maximum absolute atomic E-state index is 13.5. The molecule has 2 N–H and O–H groups in total. The van der Waals surface area contributed by atoms with E-state index < -0.39 is 11.7 Å². The number of pyridine rings is 1. The Morgan fingerprint density at radius 1 is 1.39 bits per heavy atom. The molecule has 6 heteroatoms. The van der Waals surface area contributed by atoms with E-state index in [0.29, 0.717) is 0 Å². The number of carbonyl (C=O) groups is 1. The number of aromatic nitrogens is 1. The Hall–Kier alpha value is -2.14. The van der Waals surface area contributed by atoms with E-state index in [1.807, 2.05) is 0 Å². The monoisotopic (exact) mass is 266 g/mol. The second-order valence-corrected chi connectivity index (χ2v) is 3.84. The van der Waals surface area contributed by atoms with Crippen LogP contribution >= 0.6 is 11.6 Å². The lowest BCUT2D eigenvalue weighted by Crippen LogP contribution is -2.12. The topological polar surface area (TPSA) is 65.2 Å². The summed E-state index contributed by atoms with van der Waals surface area (Å²) in [4.78, 5) is 14.9. The van der Waals surface area contributed by atoms with E-state index in [1.165, 1.54) is 18.3 Å². The smallest absolute Gasteiger partial charge is 0.255 e. The average molecular weight is 267 g/mol. The van der Waals surface area contributed by atoms with Crippen molar-refractivity contribution in [1.29, 1.82) is 0 Å². The van der Waals surface area contributed by atoms with Gasteiger partial charge in [0.15, 0.2) is 5.82 Å². The highest BCUT2D eigenvalue weighted by atomic mass is 35.5. The Morgan fingerprint density at radius 3 is 2.78 bits per heavy atom. The van der Waals surface area contributed by atoms with Crippen LogP contribution in [0.2, 0.25) is 5.02 Å². The van der Waals surface area contributed by atoms with Crippen LogP contribution in [0.1, 0.15) is 10.4 Å². The maximum Gasteiger partial charge on any atom is 0.255 e. The molecule has 0 atom stereocenters. The fraction of sp³-hybridized carbons (Fsp3) is 0. The average Bonchev–Trinajstić information content (AvgIpc) is 2.33. The molecule has 92 valence electrons. The van der Waals surface area contributed by atoms with Crippen molar-refractivity contribution in [3.05, 3.63) is 52.9 Å². The number of primary amides is 1. The molecule has 0 saturated heterocycles. The Kier molecular flexibility index (Phi) is 3.43. The molecule has 1 amide bonds. The van der Waals surface area contributed by atoms with Gasteiger partial charge in [-0.1, -0.05) is 23.7 Å². The summed E-state index contributed by atoms with van der Waals surface area (Å²) in [6.45, 7) is 0. The van der Waals surface area contributed by atoms with Gasteiger partial charge >= 0.3 is 0 Å². The molecule has 0 fully saturated rings. The van der Waals surface area contributed by atoms with E-state index in [2.05, 4.69) is 4.98 Å². The lowest BCUT2D eigenvalue weighted by molar-refractivity contribution is 0.0998. The third-order valence-electron chi connectivity index (χ3n) is 2.13. The summed E-state index contributed by atoms with van der Waals surface area (Å²) < 4.78 is 18.7. The van der Waals surface area contributed by atoms with Gasteiger partial charge in [0.2, 0.25) is 0 Å². The molecule has 4 nitrogen and oxygen atoms in total. The Morgan fingerprint density at radius 2 is 2.11 bits per heavy atom. The van der Waals surface area contributed by atoms with Crippen LogP contribution in [0.5, 0.6) is 11.6 Å². The molecule has 2 aromatic rings. The van der Waals surface area contributed by atoms with Gasteiger partial charge in [0, 0.05) is 6.20 Å². The number of nitrogens with two attached hydrogens (primary N) is 1. The van der Waals surface area contributed by atoms with Gasteiger partial charge in [0.1, 0.15) is 5.75 Å². The summed E-state index contributed by atoms with van der Waals surface area (Å²) in [5.74, 6) is -1.52. The van der Waals surface area contributed by atoms with Crippen LogP contribution in [0.3, 0.4) is 0 Å². The number of hydrogen-bond donors (Lipinski definition) is 1. The zero-order chi connectivity index (χ0) is 13.1. The minimum absolute atomic E-state index is 0.138. The number of hydrogen-bond acceptors (Lipinski definition) is 3. The summed E-state index contributed by atoms with van der Waals surface area (Å²) >= 11 is 5.57. The van der Waals surface area contributed by atoms with Crippen LogP contribution in [-0.2, 0) is 0 Å². The van der Waals surface area contributed by atoms with E-state index in [1.54, 1.807) is 12.1 Å². The number of halogens is 2. The van der Waals surface area contributed by atoms with Crippen LogP contribution in [0, 0.1) is 5.82 Å². The van der Waals surface area contributed by atoms with Crippen molar-refractivity contribution in [1.82, 2.24) is 4.98 Å². The quantitative estimate of drug-likeness (QED) is 0.929. The molecule has 18 heavy (non-hydrogen) atoms. The van der Waals surface area contributed by atoms with Gasteiger partial charge in [0.05, 0.1) is 10.6 Å². The van der Waals surface area contributed by atoms with Gasteiger partial charge in [-0.2, -0.15) is 0 Å². The largest absolute Gasteiger partial charge is 0.436 e. The summed E-state index contributed by atoms with van der Waals surface area (Å²) in [5, 5.41) is 0.156. The summed E-state index contributed by atoms with van der Waals surface area (Å²) in [6, 6.07) is 7.30. The highest BCUT2D eigenvalue weighted by Gasteiger charge is 2.12. The lowest BCUT2D eigenvalue weighted by Gasteiger charge is -2.08. The summed E-state index contributed by atoms with van der Waals surface area (Å²) in [7, 11) is 0. The summed E-state index contributed by atoms with van der Waals surface area (Å²) in [5.41, 5.74) is 5.32. The Bertz CT molecular complexity index is 604. The minimum atomic E-state index is -0.721. The third-order valence-corrected chi connectivity index (χ3v) is 2.34. The summed E-state index contributed by atoms with van der Waals surface area (Å²) in [6.07, 6.45) is 1.24. The number of rotatable bonds is 3. The van der Waals surface area contributed by atoms with Crippen molar-refractivity contribution in [2.24, 2.45) is 5.73 Å². The van der Waals surface area contributed by atoms with Crippen molar-refractivity contribution in [2.45, 2.75) is 0 Å². The highest BCUT2D eigenvalue weighted by Crippen LogP contribution is 2.26. The standard InChI is InChI=1S/C12H8ClFN2O2/c13-7-5-9(14)12(16-6-7)18-10-4-2-1-3-8(10)11(15)17/h1-6H,(H2,15,17). The van der Waals surface area contributed by atoms with E-state index >= 15 is 0 Å². The lowest BCUT2D eigenvalue weighted by atomic mass is 10.2. The molecule has 1 aromatic heterocycles. The molecule has 0 bridgehead atoms. The van der Waals surface area contributed by atoms with Gasteiger partial charge in [-0.15, -0.1) is 0 Å². The second-order valence-electron chi connectivity index (χ2n) is 3.40. The number of carbonyl (C=O) groups excluding carboxylic acids is 1. The first-order valence-electron chi connectivity index (χ1n) is 4.95. The normalized spacial score (nSPS) is 10.1. The van der Waals surface area contributed by atoms with E-state index in [0.717, 1.165) is 6.07 Å². The number of amides is 1. The van der Waals surface area contributed by atoms with Gasteiger partial charge in [-0.05, 0) is 18.2 Å². The van der Waals surface area contributed by atoms with Gasteiger partial charge in [-0.25, -0.2) is 9.37 Å². The van der Waals surface area contributed by atoms with Crippen LogP contribution in [-0.4, -0.2) is 10.9 Å². The zero-order valence-electron chi connectivity index (χ0n) is 9.06. The first-order valence-corrected chi connectivity index (χ1v) is 5.33. The highest BCUT2D eigenvalue weighted by molar-refractivity contribution is 6.30. The second kappa shape index (κ2) is 5.01. The fourth-order valence-electron chi connectivity index (χ4n) is 1.34. The SMILES string of the molecule is NC(=O)c1ccccc1Oc1ncc(Cl)cc1F. The molecule has 0 aliphatic rings. The van der Waals surface area contributed by atoms with Crippen molar-refractivity contribution < 1.29 is 13.9 Å². The predicted octanol–water partition coefficient (Wildman–Crippen LogP) is 2.77. The molecule has 1 aromatic carbocycles. The maximum atomic E-state index is 13.5. The number of nitrogens with zero attached hydrogens (tertiary/aromatic N) is 1. The van der Waals surface area contributed by atoms with Crippen LogP contribution < -0.4 is 10.5 Å². The number of ether oxygens (including phenoxy) is 1.